The summed E-state index contributed by atoms with van der Waals surface area (Å²) in [6.07, 6.45) is 0. The number of methoxy groups -OCH3 is 1. The van der Waals surface area contributed by atoms with Crippen molar-refractivity contribution in [1.29, 1.82) is 0 Å². The van der Waals surface area contributed by atoms with Gasteiger partial charge in [0.05, 0.1) is 12.7 Å². The predicted octanol–water partition coefficient (Wildman–Crippen LogP) is 0.554. The van der Waals surface area contributed by atoms with E-state index in [1.54, 1.807) is 6.07 Å². The first-order valence-corrected chi connectivity index (χ1v) is 6.60. The number of carbonyl (C=O) groups excluding carboxylic acids is 1. The van der Waals surface area contributed by atoms with Crippen LogP contribution in [0.4, 0.5) is 5.69 Å². The zero-order valence-electron chi connectivity index (χ0n) is 11.3. The average molecular weight is 263 g/mol. The smallest absolute Gasteiger partial charge is 0.337 e. The maximum atomic E-state index is 11.5. The zero-order valence-corrected chi connectivity index (χ0v) is 11.3. The third-order valence-electron chi connectivity index (χ3n) is 3.45. The first-order chi connectivity index (χ1) is 9.24. The molecule has 0 unspecified atom stereocenters. The van der Waals surface area contributed by atoms with Crippen molar-refractivity contribution in [3.8, 4) is 0 Å². The van der Waals surface area contributed by atoms with Crippen LogP contribution in [0.3, 0.4) is 0 Å². The number of ether oxygens (including phenoxy) is 1. The van der Waals surface area contributed by atoms with Gasteiger partial charge in [0.15, 0.2) is 0 Å². The minimum absolute atomic E-state index is 0.288. The fourth-order valence-corrected chi connectivity index (χ4v) is 2.36. The van der Waals surface area contributed by atoms with Gasteiger partial charge in [-0.25, -0.2) is 4.79 Å². The molecule has 0 aromatic heterocycles. The predicted molar refractivity (Wildman–Crippen MR) is 75.5 cm³/mol. The van der Waals surface area contributed by atoms with Gasteiger partial charge in [-0.15, -0.1) is 0 Å². The topological polar surface area (TPSA) is 58.8 Å². The van der Waals surface area contributed by atoms with Crippen molar-refractivity contribution < 1.29 is 9.53 Å². The van der Waals surface area contributed by atoms with Gasteiger partial charge in [-0.05, 0) is 18.2 Å². The van der Waals surface area contributed by atoms with E-state index in [0.717, 1.165) is 38.4 Å². The Labute approximate surface area is 113 Å². The molecule has 19 heavy (non-hydrogen) atoms. The third kappa shape index (κ3) is 3.45. The van der Waals surface area contributed by atoms with Gasteiger partial charge in [0.1, 0.15) is 0 Å². The van der Waals surface area contributed by atoms with Gasteiger partial charge >= 0.3 is 5.97 Å². The molecule has 104 valence electrons. The summed E-state index contributed by atoms with van der Waals surface area (Å²) in [5.41, 5.74) is 7.25. The van der Waals surface area contributed by atoms with Crippen molar-refractivity contribution in [1.82, 2.24) is 4.90 Å². The highest BCUT2D eigenvalue weighted by Crippen LogP contribution is 2.18. The van der Waals surface area contributed by atoms with Crippen LogP contribution in [0.2, 0.25) is 0 Å². The van der Waals surface area contributed by atoms with Crippen LogP contribution in [0.25, 0.3) is 0 Å². The van der Waals surface area contributed by atoms with Crippen molar-refractivity contribution >= 4 is 11.7 Å². The van der Waals surface area contributed by atoms with Crippen LogP contribution in [-0.4, -0.2) is 57.2 Å². The average Bonchev–Trinajstić information content (AvgIpc) is 2.48. The molecule has 1 aromatic rings. The van der Waals surface area contributed by atoms with E-state index in [1.165, 1.54) is 7.11 Å². The number of piperazine rings is 1. The van der Waals surface area contributed by atoms with Crippen LogP contribution < -0.4 is 10.6 Å². The van der Waals surface area contributed by atoms with Crippen LogP contribution in [0.5, 0.6) is 0 Å². The number of hydrogen-bond acceptors (Lipinski definition) is 5. The normalized spacial score (nSPS) is 16.4. The quantitative estimate of drug-likeness (QED) is 0.804. The second-order valence-corrected chi connectivity index (χ2v) is 4.66. The molecule has 5 heteroatoms. The van der Waals surface area contributed by atoms with E-state index in [4.69, 9.17) is 10.5 Å². The van der Waals surface area contributed by atoms with Gasteiger partial charge < -0.3 is 15.4 Å². The van der Waals surface area contributed by atoms with Gasteiger partial charge in [-0.2, -0.15) is 0 Å². The molecular weight excluding hydrogens is 242 g/mol. The second kappa shape index (κ2) is 6.54. The molecule has 0 aliphatic carbocycles. The largest absolute Gasteiger partial charge is 0.465 e. The van der Waals surface area contributed by atoms with Crippen molar-refractivity contribution in [2.75, 3.05) is 51.3 Å². The van der Waals surface area contributed by atoms with Crippen molar-refractivity contribution in [3.63, 3.8) is 0 Å². The summed E-state index contributed by atoms with van der Waals surface area (Å²) < 4.78 is 4.75. The molecule has 2 rings (SSSR count). The van der Waals surface area contributed by atoms with Crippen molar-refractivity contribution in [2.45, 2.75) is 0 Å². The van der Waals surface area contributed by atoms with E-state index in [1.807, 2.05) is 18.2 Å². The highest BCUT2D eigenvalue weighted by atomic mass is 16.5. The van der Waals surface area contributed by atoms with Crippen LogP contribution >= 0.6 is 0 Å². The number of benzene rings is 1. The lowest BCUT2D eigenvalue weighted by Crippen LogP contribution is -2.47. The van der Waals surface area contributed by atoms with Gasteiger partial charge in [0, 0.05) is 45.0 Å². The number of hydrogen-bond donors (Lipinski definition) is 1. The lowest BCUT2D eigenvalue weighted by molar-refractivity contribution is 0.0601. The lowest BCUT2D eigenvalue weighted by atomic mass is 10.1. The first-order valence-electron chi connectivity index (χ1n) is 6.60. The van der Waals surface area contributed by atoms with E-state index in [0.29, 0.717) is 12.1 Å². The number of esters is 1. The number of nitrogens with two attached hydrogens (primary N) is 1. The number of nitrogens with zero attached hydrogens (tertiary/aromatic N) is 2. The summed E-state index contributed by atoms with van der Waals surface area (Å²) in [7, 11) is 1.40. The summed E-state index contributed by atoms with van der Waals surface area (Å²) in [6, 6.07) is 7.60. The highest BCUT2D eigenvalue weighted by Gasteiger charge is 2.17. The molecule has 0 bridgehead atoms. The third-order valence-corrected chi connectivity index (χ3v) is 3.45. The van der Waals surface area contributed by atoms with Crippen LogP contribution in [0, 0.1) is 0 Å². The SMILES string of the molecule is COC(=O)c1cccc(N2CCN(CCN)CC2)c1. The molecule has 2 N–H and O–H groups in total. The summed E-state index contributed by atoms with van der Waals surface area (Å²) >= 11 is 0. The molecule has 0 radical (unpaired) electrons. The molecule has 1 heterocycles. The van der Waals surface area contributed by atoms with Crippen LogP contribution in [0.15, 0.2) is 24.3 Å². The zero-order chi connectivity index (χ0) is 13.7. The number of rotatable bonds is 4. The summed E-state index contributed by atoms with van der Waals surface area (Å²) in [6.45, 7) is 5.61. The van der Waals surface area contributed by atoms with E-state index in [2.05, 4.69) is 9.80 Å². The monoisotopic (exact) mass is 263 g/mol. The molecule has 5 nitrogen and oxygen atoms in total. The van der Waals surface area contributed by atoms with E-state index < -0.39 is 0 Å². The van der Waals surface area contributed by atoms with Gasteiger partial charge in [0.25, 0.3) is 0 Å². The lowest BCUT2D eigenvalue weighted by Gasteiger charge is -2.36. The van der Waals surface area contributed by atoms with E-state index in [-0.39, 0.29) is 5.97 Å². The Bertz CT molecular complexity index is 428. The molecule has 0 spiro atoms. The Balaban J connectivity index is 2.01. The molecule has 1 saturated heterocycles. The van der Waals surface area contributed by atoms with E-state index >= 15 is 0 Å². The Morgan fingerprint density at radius 2 is 2.05 bits per heavy atom. The van der Waals surface area contributed by atoms with E-state index in [9.17, 15) is 4.79 Å². The molecule has 0 atom stereocenters. The second-order valence-electron chi connectivity index (χ2n) is 4.66. The molecule has 0 saturated carbocycles. The van der Waals surface area contributed by atoms with Crippen molar-refractivity contribution in [2.24, 2.45) is 5.73 Å². The molecular formula is C14H21N3O2. The molecule has 1 aromatic carbocycles. The first kappa shape index (κ1) is 13.8. The Kier molecular flexibility index (Phi) is 4.76. The Morgan fingerprint density at radius 1 is 1.32 bits per heavy atom. The fourth-order valence-electron chi connectivity index (χ4n) is 2.36. The van der Waals surface area contributed by atoms with Crippen molar-refractivity contribution in [3.05, 3.63) is 29.8 Å². The molecule has 1 fully saturated rings. The highest BCUT2D eigenvalue weighted by molar-refractivity contribution is 5.90. The standard InChI is InChI=1S/C14H21N3O2/c1-19-14(18)12-3-2-4-13(11-12)17-9-7-16(6-5-15)8-10-17/h2-4,11H,5-10,15H2,1H3. The van der Waals surface area contributed by atoms with Crippen LogP contribution in [-0.2, 0) is 4.74 Å². The maximum Gasteiger partial charge on any atom is 0.337 e. The number of anilines is 1. The summed E-state index contributed by atoms with van der Waals surface area (Å²) in [5, 5.41) is 0. The minimum atomic E-state index is -0.288. The van der Waals surface area contributed by atoms with Crippen LogP contribution in [0.1, 0.15) is 10.4 Å². The van der Waals surface area contributed by atoms with Gasteiger partial charge in [0.2, 0.25) is 0 Å². The Hall–Kier alpha value is -1.59. The summed E-state index contributed by atoms with van der Waals surface area (Å²) in [5.74, 6) is -0.288. The molecule has 1 aliphatic rings. The Morgan fingerprint density at radius 3 is 2.68 bits per heavy atom. The fraction of sp³-hybridized carbons (Fsp3) is 0.500. The minimum Gasteiger partial charge on any atom is -0.465 e. The summed E-state index contributed by atoms with van der Waals surface area (Å²) in [4.78, 5) is 16.2. The number of carbonyl (C=O) groups is 1. The molecule has 1 aliphatic heterocycles. The maximum absolute atomic E-state index is 11.5. The van der Waals surface area contributed by atoms with Gasteiger partial charge in [-0.1, -0.05) is 6.07 Å². The van der Waals surface area contributed by atoms with Gasteiger partial charge in [-0.3, -0.25) is 4.90 Å². The molecule has 0 amide bonds.